The average molecular weight is 483 g/mol. The van der Waals surface area contributed by atoms with E-state index in [2.05, 4.69) is 15.6 Å². The number of sulfonamides is 1. The normalized spacial score (nSPS) is 16.9. The van der Waals surface area contributed by atoms with E-state index in [1.807, 2.05) is 30.5 Å². The highest BCUT2D eigenvalue weighted by atomic mass is 32.2. The molecule has 1 aliphatic rings. The Balaban J connectivity index is 1.25. The Labute approximate surface area is 199 Å². The van der Waals surface area contributed by atoms with Crippen LogP contribution < -0.4 is 10.6 Å². The molecule has 3 aromatic rings. The lowest BCUT2D eigenvalue weighted by atomic mass is 10.0. The number of piperidine rings is 1. The molecule has 0 unspecified atom stereocenters. The molecule has 0 aliphatic carbocycles. The van der Waals surface area contributed by atoms with Crippen LogP contribution in [0.3, 0.4) is 0 Å². The molecule has 0 bridgehead atoms. The summed E-state index contributed by atoms with van der Waals surface area (Å²) in [5, 5.41) is 6.39. The van der Waals surface area contributed by atoms with E-state index in [0.29, 0.717) is 25.9 Å². The molecule has 2 heterocycles. The minimum Gasteiger partial charge on any atom is -0.361 e. The number of carbonyl (C=O) groups excluding carboxylic acids is 2. The standard InChI is InChI=1S/C25H30N4O4S/c30-24(26-15-13-19-18-28-23-12-5-4-11-22(19)23)25(31)27-16-14-20-8-6-7-17-29(20)34(32,33)21-9-2-1-3-10-21/h1-5,9-12,18,20,28H,6-8,13-17H2,(H,26,30)(H,27,31)/t20-/m0/s1. The van der Waals surface area contributed by atoms with Crippen molar-refractivity contribution in [1.82, 2.24) is 19.9 Å². The molecule has 1 aliphatic heterocycles. The molecule has 1 atom stereocenters. The summed E-state index contributed by atoms with van der Waals surface area (Å²) in [6.45, 7) is 1.05. The molecule has 2 amide bonds. The molecule has 9 heteroatoms. The average Bonchev–Trinajstić information content (AvgIpc) is 3.28. The van der Waals surface area contributed by atoms with Crippen LogP contribution in [0.4, 0.5) is 0 Å². The Bertz CT molecular complexity index is 1240. The molecule has 0 saturated carbocycles. The predicted molar refractivity (Wildman–Crippen MR) is 131 cm³/mol. The quantitative estimate of drug-likeness (QED) is 0.429. The van der Waals surface area contributed by atoms with E-state index >= 15 is 0 Å². The number of aromatic nitrogens is 1. The molecule has 0 radical (unpaired) electrons. The van der Waals surface area contributed by atoms with Gasteiger partial charge in [0.15, 0.2) is 0 Å². The maximum atomic E-state index is 13.1. The predicted octanol–water partition coefficient (Wildman–Crippen LogP) is 2.58. The number of carbonyl (C=O) groups is 2. The summed E-state index contributed by atoms with van der Waals surface area (Å²) in [6.07, 6.45) is 5.47. The van der Waals surface area contributed by atoms with E-state index in [1.165, 1.54) is 0 Å². The lowest BCUT2D eigenvalue weighted by Gasteiger charge is -2.34. The first-order valence-corrected chi connectivity index (χ1v) is 13.1. The van der Waals surface area contributed by atoms with E-state index in [9.17, 15) is 18.0 Å². The van der Waals surface area contributed by atoms with Crippen molar-refractivity contribution in [2.24, 2.45) is 0 Å². The van der Waals surface area contributed by atoms with Gasteiger partial charge in [0, 0.05) is 42.8 Å². The minimum absolute atomic E-state index is 0.204. The fourth-order valence-corrected chi connectivity index (χ4v) is 6.21. The van der Waals surface area contributed by atoms with Crippen molar-refractivity contribution < 1.29 is 18.0 Å². The molecule has 180 valence electrons. The number of benzene rings is 2. The van der Waals surface area contributed by atoms with Crippen molar-refractivity contribution in [3.05, 3.63) is 66.4 Å². The number of rotatable bonds is 8. The maximum absolute atomic E-state index is 13.1. The maximum Gasteiger partial charge on any atom is 0.309 e. The van der Waals surface area contributed by atoms with Gasteiger partial charge in [0.2, 0.25) is 10.0 Å². The molecule has 4 rings (SSSR count). The zero-order chi connectivity index (χ0) is 24.0. The number of nitrogens with one attached hydrogen (secondary N) is 3. The van der Waals surface area contributed by atoms with Crippen LogP contribution in [0.5, 0.6) is 0 Å². The van der Waals surface area contributed by atoms with Gasteiger partial charge in [-0.05, 0) is 49.4 Å². The van der Waals surface area contributed by atoms with Crippen molar-refractivity contribution in [2.75, 3.05) is 19.6 Å². The highest BCUT2D eigenvalue weighted by Crippen LogP contribution is 2.26. The number of nitrogens with zero attached hydrogens (tertiary/aromatic N) is 1. The van der Waals surface area contributed by atoms with Crippen molar-refractivity contribution >= 4 is 32.7 Å². The molecule has 1 fully saturated rings. The monoisotopic (exact) mass is 482 g/mol. The molecule has 1 saturated heterocycles. The number of hydrogen-bond donors (Lipinski definition) is 3. The third kappa shape index (κ3) is 5.48. The van der Waals surface area contributed by atoms with Gasteiger partial charge < -0.3 is 15.6 Å². The second-order valence-electron chi connectivity index (χ2n) is 8.49. The molecule has 3 N–H and O–H groups in total. The Kier molecular flexibility index (Phi) is 7.64. The lowest BCUT2D eigenvalue weighted by Crippen LogP contribution is -2.46. The van der Waals surface area contributed by atoms with Gasteiger partial charge in [-0.2, -0.15) is 4.31 Å². The molecule has 8 nitrogen and oxygen atoms in total. The van der Waals surface area contributed by atoms with Crippen molar-refractivity contribution in [2.45, 2.75) is 43.0 Å². The third-order valence-corrected chi connectivity index (χ3v) is 8.21. The summed E-state index contributed by atoms with van der Waals surface area (Å²) in [6, 6.07) is 16.1. The van der Waals surface area contributed by atoms with Crippen molar-refractivity contribution in [3.63, 3.8) is 0 Å². The lowest BCUT2D eigenvalue weighted by molar-refractivity contribution is -0.139. The largest absolute Gasteiger partial charge is 0.361 e. The van der Waals surface area contributed by atoms with E-state index in [1.54, 1.807) is 34.6 Å². The summed E-state index contributed by atoms with van der Waals surface area (Å²) in [7, 11) is -3.59. The Hall–Kier alpha value is -3.17. The first kappa shape index (κ1) is 24.0. The number of hydrogen-bond acceptors (Lipinski definition) is 4. The number of amides is 2. The van der Waals surface area contributed by atoms with E-state index in [4.69, 9.17) is 0 Å². The van der Waals surface area contributed by atoms with Crippen LogP contribution in [-0.2, 0) is 26.0 Å². The Morgan fingerprint density at radius 3 is 2.44 bits per heavy atom. The second-order valence-corrected chi connectivity index (χ2v) is 10.4. The van der Waals surface area contributed by atoms with Gasteiger partial charge in [-0.25, -0.2) is 8.42 Å². The summed E-state index contributed by atoms with van der Waals surface area (Å²) in [4.78, 5) is 27.9. The summed E-state index contributed by atoms with van der Waals surface area (Å²) in [5.41, 5.74) is 2.11. The summed E-state index contributed by atoms with van der Waals surface area (Å²) >= 11 is 0. The van der Waals surface area contributed by atoms with E-state index < -0.39 is 21.8 Å². The topological polar surface area (TPSA) is 111 Å². The van der Waals surface area contributed by atoms with Gasteiger partial charge in [-0.15, -0.1) is 0 Å². The first-order chi connectivity index (χ1) is 16.5. The number of fused-ring (bicyclic) bond motifs is 1. The van der Waals surface area contributed by atoms with Gasteiger partial charge >= 0.3 is 11.8 Å². The van der Waals surface area contributed by atoms with Crippen LogP contribution in [-0.4, -0.2) is 55.2 Å². The smallest absolute Gasteiger partial charge is 0.309 e. The van der Waals surface area contributed by atoms with Gasteiger partial charge in [0.25, 0.3) is 0 Å². The van der Waals surface area contributed by atoms with Gasteiger partial charge in [0.05, 0.1) is 4.90 Å². The number of aromatic amines is 1. The van der Waals surface area contributed by atoms with Crippen LogP contribution in [0.2, 0.25) is 0 Å². The van der Waals surface area contributed by atoms with Crippen LogP contribution in [0.15, 0.2) is 65.7 Å². The van der Waals surface area contributed by atoms with E-state index in [0.717, 1.165) is 35.7 Å². The number of para-hydroxylation sites is 1. The zero-order valence-electron chi connectivity index (χ0n) is 19.0. The van der Waals surface area contributed by atoms with Crippen LogP contribution in [0.25, 0.3) is 10.9 Å². The molecular weight excluding hydrogens is 452 g/mol. The second kappa shape index (κ2) is 10.8. The van der Waals surface area contributed by atoms with Crippen LogP contribution >= 0.6 is 0 Å². The molecule has 2 aromatic carbocycles. The fraction of sp³-hybridized carbons (Fsp3) is 0.360. The SMILES string of the molecule is O=C(NCCc1c[nH]c2ccccc12)C(=O)NCC[C@@H]1CCCCN1S(=O)(=O)c1ccccc1. The minimum atomic E-state index is -3.59. The zero-order valence-corrected chi connectivity index (χ0v) is 19.8. The molecular formula is C25H30N4O4S. The fourth-order valence-electron chi connectivity index (χ4n) is 4.47. The van der Waals surface area contributed by atoms with Crippen LogP contribution in [0.1, 0.15) is 31.2 Å². The highest BCUT2D eigenvalue weighted by molar-refractivity contribution is 7.89. The van der Waals surface area contributed by atoms with E-state index in [-0.39, 0.29) is 17.5 Å². The third-order valence-electron chi connectivity index (χ3n) is 6.25. The van der Waals surface area contributed by atoms with Crippen LogP contribution in [0, 0.1) is 0 Å². The van der Waals surface area contributed by atoms with Gasteiger partial charge in [-0.3, -0.25) is 9.59 Å². The van der Waals surface area contributed by atoms with Gasteiger partial charge in [0.1, 0.15) is 0 Å². The Morgan fingerprint density at radius 1 is 0.941 bits per heavy atom. The molecule has 0 spiro atoms. The van der Waals surface area contributed by atoms with Crippen molar-refractivity contribution in [3.8, 4) is 0 Å². The van der Waals surface area contributed by atoms with Crippen molar-refractivity contribution in [1.29, 1.82) is 0 Å². The van der Waals surface area contributed by atoms with Gasteiger partial charge in [-0.1, -0.05) is 42.8 Å². The highest BCUT2D eigenvalue weighted by Gasteiger charge is 2.33. The number of H-pyrrole nitrogens is 1. The summed E-state index contributed by atoms with van der Waals surface area (Å²) < 4.78 is 27.7. The molecule has 34 heavy (non-hydrogen) atoms. The Morgan fingerprint density at radius 2 is 1.65 bits per heavy atom. The molecule has 1 aromatic heterocycles. The first-order valence-electron chi connectivity index (χ1n) is 11.6. The summed E-state index contributed by atoms with van der Waals surface area (Å²) in [5.74, 6) is -1.38.